The van der Waals surface area contributed by atoms with Crippen molar-refractivity contribution in [2.24, 2.45) is 14.1 Å². The molecular weight excluding hydrogens is 433 g/mol. The predicted octanol–water partition coefficient (Wildman–Crippen LogP) is 4.42. The van der Waals surface area contributed by atoms with Gasteiger partial charge in [0.25, 0.3) is 11.1 Å². The van der Waals surface area contributed by atoms with Crippen LogP contribution in [0.2, 0.25) is 10.0 Å². The Morgan fingerprint density at radius 3 is 2.41 bits per heavy atom. The van der Waals surface area contributed by atoms with Gasteiger partial charge in [0.1, 0.15) is 0 Å². The van der Waals surface area contributed by atoms with E-state index in [1.807, 2.05) is 18.2 Å². The highest BCUT2D eigenvalue weighted by Crippen LogP contribution is 2.34. The fraction of sp³-hybridized carbons (Fsp3) is 0.150. The molecule has 0 bridgehead atoms. The van der Waals surface area contributed by atoms with Gasteiger partial charge in [-0.2, -0.15) is 0 Å². The van der Waals surface area contributed by atoms with Crippen molar-refractivity contribution in [2.45, 2.75) is 6.54 Å². The predicted molar refractivity (Wildman–Crippen MR) is 116 cm³/mol. The Hall–Kier alpha value is -2.48. The number of carbonyl (C=O) groups is 2. The van der Waals surface area contributed by atoms with Gasteiger partial charge in [-0.15, -0.1) is 0 Å². The Morgan fingerprint density at radius 2 is 1.69 bits per heavy atom. The van der Waals surface area contributed by atoms with Crippen molar-refractivity contribution in [3.8, 4) is 0 Å². The number of imide groups is 1. The lowest BCUT2D eigenvalue weighted by atomic mass is 10.1. The third kappa shape index (κ3) is 3.50. The fourth-order valence-corrected chi connectivity index (χ4v) is 4.53. The number of benzene rings is 2. The molecule has 2 amide bonds. The highest BCUT2D eigenvalue weighted by Gasteiger charge is 2.35. The molecule has 3 aromatic rings. The van der Waals surface area contributed by atoms with Crippen LogP contribution in [0.4, 0.5) is 4.79 Å². The molecule has 0 saturated carbocycles. The lowest BCUT2D eigenvalue weighted by Gasteiger charge is -2.13. The summed E-state index contributed by atoms with van der Waals surface area (Å²) in [7, 11) is 3.40. The number of hydrogen-bond acceptors (Lipinski definition) is 4. The molecule has 0 aliphatic carbocycles. The summed E-state index contributed by atoms with van der Waals surface area (Å²) in [5.74, 6) is -0.381. The van der Waals surface area contributed by atoms with Crippen LogP contribution in [0.1, 0.15) is 11.1 Å². The summed E-state index contributed by atoms with van der Waals surface area (Å²) in [4.78, 5) is 38.7. The molecule has 1 aromatic heterocycles. The summed E-state index contributed by atoms with van der Waals surface area (Å²) in [6.45, 7) is 0.0736. The van der Waals surface area contributed by atoms with E-state index in [1.54, 1.807) is 47.5 Å². The van der Waals surface area contributed by atoms with Crippen LogP contribution in [0.15, 0.2) is 46.1 Å². The number of fused-ring (bicyclic) bond motifs is 1. The summed E-state index contributed by atoms with van der Waals surface area (Å²) in [5.41, 5.74) is 2.78. The van der Waals surface area contributed by atoms with Crippen LogP contribution in [-0.2, 0) is 25.4 Å². The molecule has 4 rings (SSSR count). The van der Waals surface area contributed by atoms with Gasteiger partial charge in [-0.25, -0.2) is 4.79 Å². The first-order valence-corrected chi connectivity index (χ1v) is 10.2. The minimum atomic E-state index is -0.381. The maximum absolute atomic E-state index is 12.8. The fourth-order valence-electron chi connectivity index (χ4n) is 3.22. The second-order valence-electron chi connectivity index (χ2n) is 6.65. The van der Waals surface area contributed by atoms with E-state index in [9.17, 15) is 14.4 Å². The molecule has 148 valence electrons. The van der Waals surface area contributed by atoms with Gasteiger partial charge in [-0.1, -0.05) is 35.3 Å². The number of nitrogens with zero attached hydrogens (tertiary/aromatic N) is 3. The molecule has 0 spiro atoms. The average molecular weight is 448 g/mol. The van der Waals surface area contributed by atoms with E-state index < -0.39 is 0 Å². The minimum Gasteiger partial charge on any atom is -0.295 e. The maximum Gasteiger partial charge on any atom is 0.328 e. The normalized spacial score (nSPS) is 15.9. The molecule has 1 saturated heterocycles. The first kappa shape index (κ1) is 19.8. The van der Waals surface area contributed by atoms with Crippen molar-refractivity contribution in [2.75, 3.05) is 0 Å². The zero-order chi connectivity index (χ0) is 20.9. The van der Waals surface area contributed by atoms with Gasteiger partial charge in [0.05, 0.1) is 22.5 Å². The highest BCUT2D eigenvalue weighted by molar-refractivity contribution is 8.18. The number of aromatic nitrogens is 2. The minimum absolute atomic E-state index is 0.0736. The molecule has 2 heterocycles. The number of amides is 2. The molecular formula is C20H15Cl2N3O3S. The standard InChI is InChI=1S/C20H15Cl2N3O3S/c1-23-15-6-3-11(7-16(15)24(2)19(23)27)8-17-18(26)25(20(28)29-17)10-12-4-5-13(21)9-14(12)22/h3-9H,10H2,1-2H3/b17-8-. The summed E-state index contributed by atoms with van der Waals surface area (Å²) in [6.07, 6.45) is 1.66. The zero-order valence-corrected chi connectivity index (χ0v) is 17.8. The lowest BCUT2D eigenvalue weighted by molar-refractivity contribution is -0.123. The molecule has 0 atom stereocenters. The Labute approximate surface area is 180 Å². The van der Waals surface area contributed by atoms with Crippen LogP contribution in [0.5, 0.6) is 0 Å². The van der Waals surface area contributed by atoms with Gasteiger partial charge in [0, 0.05) is 24.1 Å². The molecule has 6 nitrogen and oxygen atoms in total. The van der Waals surface area contributed by atoms with Gasteiger partial charge in [-0.05, 0) is 53.2 Å². The van der Waals surface area contributed by atoms with Crippen LogP contribution < -0.4 is 5.69 Å². The Morgan fingerprint density at radius 1 is 0.966 bits per heavy atom. The smallest absolute Gasteiger partial charge is 0.295 e. The topological polar surface area (TPSA) is 64.3 Å². The molecule has 9 heteroatoms. The van der Waals surface area contributed by atoms with Crippen molar-refractivity contribution >= 4 is 63.2 Å². The van der Waals surface area contributed by atoms with Gasteiger partial charge >= 0.3 is 5.69 Å². The van der Waals surface area contributed by atoms with E-state index >= 15 is 0 Å². The molecule has 0 unspecified atom stereocenters. The Bertz CT molecular complexity index is 1280. The van der Waals surface area contributed by atoms with Crippen molar-refractivity contribution in [1.29, 1.82) is 0 Å². The van der Waals surface area contributed by atoms with Crippen LogP contribution in [0, 0.1) is 0 Å². The quantitative estimate of drug-likeness (QED) is 0.557. The number of halogens is 2. The van der Waals surface area contributed by atoms with Gasteiger partial charge in [0.15, 0.2) is 0 Å². The second-order valence-corrected chi connectivity index (χ2v) is 8.49. The van der Waals surface area contributed by atoms with E-state index in [2.05, 4.69) is 0 Å². The first-order chi connectivity index (χ1) is 13.8. The third-order valence-electron chi connectivity index (χ3n) is 4.81. The number of hydrogen-bond donors (Lipinski definition) is 0. The molecule has 0 radical (unpaired) electrons. The Kier molecular flexibility index (Phi) is 5.06. The second kappa shape index (κ2) is 7.40. The lowest BCUT2D eigenvalue weighted by Crippen LogP contribution is -2.27. The molecule has 1 aliphatic heterocycles. The van der Waals surface area contributed by atoms with Crippen molar-refractivity contribution in [3.63, 3.8) is 0 Å². The van der Waals surface area contributed by atoms with Crippen LogP contribution in [-0.4, -0.2) is 25.2 Å². The van der Waals surface area contributed by atoms with Crippen LogP contribution in [0.25, 0.3) is 17.1 Å². The van der Waals surface area contributed by atoms with Crippen LogP contribution >= 0.6 is 35.0 Å². The molecule has 1 aliphatic rings. The average Bonchev–Trinajstić information content (AvgIpc) is 3.06. The van der Waals surface area contributed by atoms with E-state index in [0.717, 1.165) is 33.3 Å². The van der Waals surface area contributed by atoms with E-state index in [4.69, 9.17) is 23.2 Å². The third-order valence-corrected chi connectivity index (χ3v) is 6.31. The monoisotopic (exact) mass is 447 g/mol. The van der Waals surface area contributed by atoms with Gasteiger partial charge in [0.2, 0.25) is 0 Å². The molecule has 1 fully saturated rings. The SMILES string of the molecule is Cn1c(=O)n(C)c2cc(/C=C3\SC(=O)N(Cc4ccc(Cl)cc4Cl)C3=O)ccc21. The number of carbonyl (C=O) groups excluding carboxylic acids is 2. The van der Waals surface area contributed by atoms with Gasteiger partial charge in [-0.3, -0.25) is 23.6 Å². The largest absolute Gasteiger partial charge is 0.328 e. The van der Waals surface area contributed by atoms with Crippen molar-refractivity contribution < 1.29 is 9.59 Å². The van der Waals surface area contributed by atoms with Crippen LogP contribution in [0.3, 0.4) is 0 Å². The van der Waals surface area contributed by atoms with E-state index in [-0.39, 0.29) is 23.4 Å². The van der Waals surface area contributed by atoms with Crippen molar-refractivity contribution in [3.05, 3.63) is 73.0 Å². The first-order valence-electron chi connectivity index (χ1n) is 8.61. The molecule has 0 N–H and O–H groups in total. The maximum atomic E-state index is 12.8. The zero-order valence-electron chi connectivity index (χ0n) is 15.5. The molecule has 29 heavy (non-hydrogen) atoms. The van der Waals surface area contributed by atoms with Crippen molar-refractivity contribution in [1.82, 2.24) is 14.0 Å². The number of imidazole rings is 1. The number of aryl methyl sites for hydroxylation is 2. The summed E-state index contributed by atoms with van der Waals surface area (Å²) < 4.78 is 3.10. The molecule has 2 aromatic carbocycles. The highest BCUT2D eigenvalue weighted by atomic mass is 35.5. The Balaban J connectivity index is 1.64. The van der Waals surface area contributed by atoms with E-state index in [1.165, 1.54) is 0 Å². The van der Waals surface area contributed by atoms with E-state index in [0.29, 0.717) is 20.5 Å². The number of thioether (sulfide) groups is 1. The summed E-state index contributed by atoms with van der Waals surface area (Å²) >= 11 is 12.9. The summed E-state index contributed by atoms with van der Waals surface area (Å²) in [6, 6.07) is 10.4. The number of rotatable bonds is 3. The van der Waals surface area contributed by atoms with Gasteiger partial charge < -0.3 is 0 Å². The summed E-state index contributed by atoms with van der Waals surface area (Å²) in [5, 5.41) is 0.523.